The van der Waals surface area contributed by atoms with E-state index in [1.54, 1.807) is 0 Å². The van der Waals surface area contributed by atoms with Crippen molar-refractivity contribution in [2.75, 3.05) is 11.5 Å². The Balaban J connectivity index is 2.02. The Bertz CT molecular complexity index is 521. The molecule has 18 heavy (non-hydrogen) atoms. The molecular formula is C10H14N6OS. The predicted octanol–water partition coefficient (Wildman–Crippen LogP) is 1.44. The van der Waals surface area contributed by atoms with Crippen LogP contribution in [0.1, 0.15) is 31.5 Å². The molecule has 2 aromatic rings. The Morgan fingerprint density at radius 1 is 1.22 bits per heavy atom. The van der Waals surface area contributed by atoms with E-state index in [9.17, 15) is 0 Å². The summed E-state index contributed by atoms with van der Waals surface area (Å²) in [6, 6.07) is 1.51. The Hall–Kier alpha value is -1.83. The first-order valence-corrected chi connectivity index (χ1v) is 6.38. The number of hydrogen-bond acceptors (Lipinski definition) is 8. The maximum absolute atomic E-state index is 5.58. The molecule has 0 radical (unpaired) electrons. The van der Waals surface area contributed by atoms with Crippen molar-refractivity contribution in [2.24, 2.45) is 0 Å². The number of nitrogen functional groups attached to an aromatic ring is 2. The van der Waals surface area contributed by atoms with Crippen molar-refractivity contribution >= 4 is 23.4 Å². The normalized spacial score (nSPS) is 11.1. The lowest BCUT2D eigenvalue weighted by molar-refractivity contribution is 0.445. The molecule has 0 aliphatic rings. The predicted molar refractivity (Wildman–Crippen MR) is 68.8 cm³/mol. The van der Waals surface area contributed by atoms with Gasteiger partial charge in [-0.2, -0.15) is 0 Å². The first-order chi connectivity index (χ1) is 8.54. The van der Waals surface area contributed by atoms with Gasteiger partial charge in [0.1, 0.15) is 11.6 Å². The highest BCUT2D eigenvalue weighted by Gasteiger charge is 2.10. The quantitative estimate of drug-likeness (QED) is 0.630. The van der Waals surface area contributed by atoms with Crippen LogP contribution < -0.4 is 11.5 Å². The number of nitrogens with two attached hydrogens (primary N) is 2. The van der Waals surface area contributed by atoms with Crippen molar-refractivity contribution in [1.29, 1.82) is 0 Å². The average Bonchev–Trinajstić information content (AvgIpc) is 2.73. The fourth-order valence-corrected chi connectivity index (χ4v) is 1.92. The molecule has 2 rings (SSSR count). The molecule has 0 aromatic carbocycles. The molecule has 4 N–H and O–H groups in total. The monoisotopic (exact) mass is 266 g/mol. The van der Waals surface area contributed by atoms with E-state index in [1.165, 1.54) is 17.8 Å². The Kier molecular flexibility index (Phi) is 3.66. The molecule has 96 valence electrons. The first kappa shape index (κ1) is 12.6. The first-order valence-electron chi connectivity index (χ1n) is 5.39. The third kappa shape index (κ3) is 3.10. The summed E-state index contributed by atoms with van der Waals surface area (Å²) in [7, 11) is 0. The van der Waals surface area contributed by atoms with Gasteiger partial charge in [-0.25, -0.2) is 9.97 Å². The van der Waals surface area contributed by atoms with Gasteiger partial charge < -0.3 is 15.9 Å². The highest BCUT2D eigenvalue weighted by Crippen LogP contribution is 2.21. The third-order valence-electron chi connectivity index (χ3n) is 2.05. The van der Waals surface area contributed by atoms with Gasteiger partial charge in [0.05, 0.1) is 5.75 Å². The molecular weight excluding hydrogens is 252 g/mol. The molecule has 0 saturated carbocycles. The van der Waals surface area contributed by atoms with Gasteiger partial charge in [-0.05, 0) is 0 Å². The Morgan fingerprint density at radius 3 is 2.44 bits per heavy atom. The average molecular weight is 266 g/mol. The zero-order valence-electron chi connectivity index (χ0n) is 10.1. The smallest absolute Gasteiger partial charge is 0.226 e. The van der Waals surface area contributed by atoms with E-state index >= 15 is 0 Å². The molecule has 0 atom stereocenters. The highest BCUT2D eigenvalue weighted by atomic mass is 32.2. The van der Waals surface area contributed by atoms with Crippen molar-refractivity contribution in [2.45, 2.75) is 30.7 Å². The molecule has 0 saturated heterocycles. The van der Waals surface area contributed by atoms with Crippen LogP contribution in [0.5, 0.6) is 0 Å². The Morgan fingerprint density at radius 2 is 1.89 bits per heavy atom. The summed E-state index contributed by atoms with van der Waals surface area (Å²) in [5.74, 6) is 2.56. The largest absolute Gasteiger partial charge is 0.424 e. The summed E-state index contributed by atoms with van der Waals surface area (Å²) in [5.41, 5.74) is 11.2. The van der Waals surface area contributed by atoms with Gasteiger partial charge in [0.15, 0.2) is 5.16 Å². The van der Waals surface area contributed by atoms with Gasteiger partial charge in [-0.1, -0.05) is 25.6 Å². The minimum absolute atomic E-state index is 0.218. The van der Waals surface area contributed by atoms with Gasteiger partial charge in [-0.15, -0.1) is 10.2 Å². The van der Waals surface area contributed by atoms with E-state index in [2.05, 4.69) is 20.2 Å². The highest BCUT2D eigenvalue weighted by molar-refractivity contribution is 7.98. The number of thioether (sulfide) groups is 1. The van der Waals surface area contributed by atoms with Crippen LogP contribution in [0.2, 0.25) is 0 Å². The third-order valence-corrected chi connectivity index (χ3v) is 2.88. The van der Waals surface area contributed by atoms with E-state index in [1.807, 2.05) is 13.8 Å². The lowest BCUT2D eigenvalue weighted by Gasteiger charge is -2.00. The summed E-state index contributed by atoms with van der Waals surface area (Å²) in [4.78, 5) is 8.10. The molecule has 2 aromatic heterocycles. The number of hydrogen-bond donors (Lipinski definition) is 2. The molecule has 0 unspecified atom stereocenters. The van der Waals surface area contributed by atoms with Gasteiger partial charge in [0.2, 0.25) is 11.8 Å². The summed E-state index contributed by atoms with van der Waals surface area (Å²) >= 11 is 1.35. The standard InChI is InChI=1S/C10H14N6OS/c1-5(2)9-16-15-8(17-9)4-18-10-13-6(11)3-7(12)14-10/h3,5H,4H2,1-2H3,(H4,11,12,13,14). The van der Waals surface area contributed by atoms with Crippen LogP contribution >= 0.6 is 11.8 Å². The number of anilines is 2. The molecule has 8 heteroatoms. The van der Waals surface area contributed by atoms with Crippen LogP contribution in [0.4, 0.5) is 11.6 Å². The molecule has 2 heterocycles. The SMILES string of the molecule is CC(C)c1nnc(CSc2nc(N)cc(N)n2)o1. The second-order valence-corrected chi connectivity index (χ2v) is 4.92. The lowest BCUT2D eigenvalue weighted by atomic mass is 10.2. The van der Waals surface area contributed by atoms with Gasteiger partial charge >= 0.3 is 0 Å². The van der Waals surface area contributed by atoms with Crippen molar-refractivity contribution in [3.05, 3.63) is 17.8 Å². The second-order valence-electron chi connectivity index (χ2n) is 3.98. The van der Waals surface area contributed by atoms with E-state index in [0.29, 0.717) is 34.3 Å². The summed E-state index contributed by atoms with van der Waals surface area (Å²) in [6.45, 7) is 3.98. The molecule has 0 aliphatic carbocycles. The number of aromatic nitrogens is 4. The number of nitrogens with zero attached hydrogens (tertiary/aromatic N) is 4. The molecule has 7 nitrogen and oxygen atoms in total. The minimum Gasteiger partial charge on any atom is -0.424 e. The van der Waals surface area contributed by atoms with Crippen LogP contribution in [-0.2, 0) is 5.75 Å². The van der Waals surface area contributed by atoms with Gasteiger partial charge in [-0.3, -0.25) is 0 Å². The lowest BCUT2D eigenvalue weighted by Crippen LogP contribution is -1.99. The van der Waals surface area contributed by atoms with E-state index in [4.69, 9.17) is 15.9 Å². The summed E-state index contributed by atoms with van der Waals surface area (Å²) in [5, 5.41) is 8.38. The van der Waals surface area contributed by atoms with Crippen molar-refractivity contribution < 1.29 is 4.42 Å². The molecule has 0 bridgehead atoms. The van der Waals surface area contributed by atoms with Crippen LogP contribution in [0.15, 0.2) is 15.6 Å². The maximum atomic E-state index is 5.58. The fraction of sp³-hybridized carbons (Fsp3) is 0.400. The van der Waals surface area contributed by atoms with Crippen LogP contribution in [0, 0.1) is 0 Å². The molecule has 0 aliphatic heterocycles. The Labute approximate surface area is 108 Å². The maximum Gasteiger partial charge on any atom is 0.226 e. The van der Waals surface area contributed by atoms with E-state index in [-0.39, 0.29) is 5.92 Å². The summed E-state index contributed by atoms with van der Waals surface area (Å²) in [6.07, 6.45) is 0. The van der Waals surface area contributed by atoms with Gasteiger partial charge in [0.25, 0.3) is 0 Å². The zero-order valence-corrected chi connectivity index (χ0v) is 10.9. The topological polar surface area (TPSA) is 117 Å². The van der Waals surface area contributed by atoms with E-state index < -0.39 is 0 Å². The van der Waals surface area contributed by atoms with Crippen LogP contribution in [0.3, 0.4) is 0 Å². The number of rotatable bonds is 4. The fourth-order valence-electron chi connectivity index (χ4n) is 1.21. The van der Waals surface area contributed by atoms with Gasteiger partial charge in [0, 0.05) is 12.0 Å². The molecule has 0 amide bonds. The zero-order chi connectivity index (χ0) is 13.1. The second kappa shape index (κ2) is 5.21. The molecule has 0 spiro atoms. The van der Waals surface area contributed by atoms with Crippen molar-refractivity contribution in [1.82, 2.24) is 20.2 Å². The minimum atomic E-state index is 0.218. The van der Waals surface area contributed by atoms with Crippen molar-refractivity contribution in [3.8, 4) is 0 Å². The molecule has 0 fully saturated rings. The van der Waals surface area contributed by atoms with E-state index in [0.717, 1.165) is 0 Å². The van der Waals surface area contributed by atoms with Crippen molar-refractivity contribution in [3.63, 3.8) is 0 Å². The van der Waals surface area contributed by atoms with Crippen LogP contribution in [-0.4, -0.2) is 20.2 Å². The summed E-state index contributed by atoms with van der Waals surface area (Å²) < 4.78 is 5.47. The van der Waals surface area contributed by atoms with Crippen LogP contribution in [0.25, 0.3) is 0 Å².